The lowest BCUT2D eigenvalue weighted by Gasteiger charge is -2.44. The number of aliphatic hydroxyl groups is 1. The molecule has 0 radical (unpaired) electrons. The number of hydrogen-bond donors (Lipinski definition) is 1. The highest BCUT2D eigenvalue weighted by molar-refractivity contribution is 5.15. The SMILES string of the molecule is CC1(O)CC2CC1(C)C1CCCC21. The molecule has 3 saturated carbocycles. The lowest BCUT2D eigenvalue weighted by molar-refractivity contribution is -0.0865. The van der Waals surface area contributed by atoms with Gasteiger partial charge in [0, 0.05) is 0 Å². The van der Waals surface area contributed by atoms with Gasteiger partial charge in [0.1, 0.15) is 0 Å². The molecule has 3 aliphatic rings. The van der Waals surface area contributed by atoms with Gasteiger partial charge in [-0.05, 0) is 55.8 Å². The quantitative estimate of drug-likeness (QED) is 0.607. The molecule has 74 valence electrons. The van der Waals surface area contributed by atoms with Gasteiger partial charge in [0.2, 0.25) is 0 Å². The van der Waals surface area contributed by atoms with Crippen molar-refractivity contribution in [1.29, 1.82) is 0 Å². The van der Waals surface area contributed by atoms with Crippen molar-refractivity contribution in [2.24, 2.45) is 23.2 Å². The highest BCUT2D eigenvalue weighted by Crippen LogP contribution is 2.68. The summed E-state index contributed by atoms with van der Waals surface area (Å²) in [5.74, 6) is 2.68. The second-order valence-electron chi connectivity index (χ2n) is 6.06. The van der Waals surface area contributed by atoms with E-state index >= 15 is 0 Å². The molecule has 3 fully saturated rings. The molecule has 3 aliphatic carbocycles. The summed E-state index contributed by atoms with van der Waals surface area (Å²) in [6.45, 7) is 4.41. The normalized spacial score (nSPS) is 64.4. The van der Waals surface area contributed by atoms with Crippen molar-refractivity contribution in [2.45, 2.75) is 51.6 Å². The number of hydrogen-bond acceptors (Lipinski definition) is 1. The first-order valence-corrected chi connectivity index (χ1v) is 5.77. The molecule has 0 spiro atoms. The minimum Gasteiger partial charge on any atom is -0.390 e. The Hall–Kier alpha value is -0.0400. The van der Waals surface area contributed by atoms with Gasteiger partial charge in [-0.15, -0.1) is 0 Å². The molecule has 0 amide bonds. The maximum Gasteiger partial charge on any atom is 0.0678 e. The molecule has 0 aromatic heterocycles. The van der Waals surface area contributed by atoms with E-state index in [1.54, 1.807) is 0 Å². The maximum absolute atomic E-state index is 10.4. The van der Waals surface area contributed by atoms with Crippen LogP contribution in [-0.4, -0.2) is 10.7 Å². The Balaban J connectivity index is 2.02. The molecule has 3 rings (SSSR count). The Bertz CT molecular complexity index is 246. The predicted molar refractivity (Wildman–Crippen MR) is 52.3 cm³/mol. The summed E-state index contributed by atoms with van der Waals surface area (Å²) in [5.41, 5.74) is -0.0952. The molecule has 5 atom stereocenters. The third-order valence-electron chi connectivity index (χ3n) is 5.57. The van der Waals surface area contributed by atoms with Crippen LogP contribution in [0.3, 0.4) is 0 Å². The highest BCUT2D eigenvalue weighted by atomic mass is 16.3. The third kappa shape index (κ3) is 0.782. The molecule has 1 heteroatoms. The van der Waals surface area contributed by atoms with Gasteiger partial charge in [0.25, 0.3) is 0 Å². The van der Waals surface area contributed by atoms with Crippen LogP contribution >= 0.6 is 0 Å². The molecule has 1 nitrogen and oxygen atoms in total. The van der Waals surface area contributed by atoms with Crippen molar-refractivity contribution in [3.63, 3.8) is 0 Å². The Morgan fingerprint density at radius 2 is 1.92 bits per heavy atom. The summed E-state index contributed by atoms with van der Waals surface area (Å²) < 4.78 is 0. The monoisotopic (exact) mass is 180 g/mol. The third-order valence-corrected chi connectivity index (χ3v) is 5.57. The first-order valence-electron chi connectivity index (χ1n) is 5.77. The number of rotatable bonds is 0. The van der Waals surface area contributed by atoms with Crippen molar-refractivity contribution in [3.8, 4) is 0 Å². The summed E-state index contributed by atoms with van der Waals surface area (Å²) in [5, 5.41) is 10.4. The van der Waals surface area contributed by atoms with Gasteiger partial charge < -0.3 is 5.11 Å². The van der Waals surface area contributed by atoms with E-state index in [9.17, 15) is 5.11 Å². The summed E-state index contributed by atoms with van der Waals surface area (Å²) >= 11 is 0. The fourth-order valence-corrected chi connectivity index (χ4v) is 4.78. The Morgan fingerprint density at radius 3 is 2.69 bits per heavy atom. The van der Waals surface area contributed by atoms with E-state index < -0.39 is 0 Å². The van der Waals surface area contributed by atoms with E-state index in [0.717, 1.165) is 24.2 Å². The van der Waals surface area contributed by atoms with Crippen molar-refractivity contribution in [1.82, 2.24) is 0 Å². The second kappa shape index (κ2) is 2.13. The molecule has 0 saturated heterocycles. The summed E-state index contributed by atoms with van der Waals surface area (Å²) in [4.78, 5) is 0. The second-order valence-corrected chi connectivity index (χ2v) is 6.06. The molecule has 0 aromatic rings. The van der Waals surface area contributed by atoms with Crippen LogP contribution in [0.25, 0.3) is 0 Å². The van der Waals surface area contributed by atoms with Crippen LogP contribution in [0.15, 0.2) is 0 Å². The van der Waals surface area contributed by atoms with Crippen molar-refractivity contribution < 1.29 is 5.11 Å². The molecular weight excluding hydrogens is 160 g/mol. The van der Waals surface area contributed by atoms with Crippen LogP contribution in [-0.2, 0) is 0 Å². The Labute approximate surface area is 80.5 Å². The summed E-state index contributed by atoms with van der Waals surface area (Å²) in [7, 11) is 0. The largest absolute Gasteiger partial charge is 0.390 e. The smallest absolute Gasteiger partial charge is 0.0678 e. The molecule has 0 aromatic carbocycles. The number of fused-ring (bicyclic) bond motifs is 5. The molecule has 0 heterocycles. The fourth-order valence-electron chi connectivity index (χ4n) is 4.78. The van der Waals surface area contributed by atoms with Crippen molar-refractivity contribution in [2.75, 3.05) is 0 Å². The van der Waals surface area contributed by atoms with Crippen LogP contribution in [0.1, 0.15) is 46.0 Å². The molecule has 2 bridgehead atoms. The van der Waals surface area contributed by atoms with Crippen LogP contribution < -0.4 is 0 Å². The summed E-state index contributed by atoms with van der Waals surface area (Å²) in [6, 6.07) is 0. The molecular formula is C12H20O. The van der Waals surface area contributed by atoms with Crippen LogP contribution in [0.5, 0.6) is 0 Å². The first-order chi connectivity index (χ1) is 6.05. The lowest BCUT2D eigenvalue weighted by atomic mass is 9.64. The molecule has 13 heavy (non-hydrogen) atoms. The van der Waals surface area contributed by atoms with Crippen LogP contribution in [0, 0.1) is 23.2 Å². The molecule has 5 unspecified atom stereocenters. The highest BCUT2D eigenvalue weighted by Gasteiger charge is 2.65. The Morgan fingerprint density at radius 1 is 1.15 bits per heavy atom. The summed E-state index contributed by atoms with van der Waals surface area (Å²) in [6.07, 6.45) is 6.62. The van der Waals surface area contributed by atoms with E-state index in [-0.39, 0.29) is 11.0 Å². The first kappa shape index (κ1) is 8.28. The van der Waals surface area contributed by atoms with Crippen molar-refractivity contribution in [3.05, 3.63) is 0 Å². The van der Waals surface area contributed by atoms with E-state index in [2.05, 4.69) is 13.8 Å². The van der Waals surface area contributed by atoms with Gasteiger partial charge in [0.05, 0.1) is 5.60 Å². The fraction of sp³-hybridized carbons (Fsp3) is 1.00. The average Bonchev–Trinajstić information content (AvgIpc) is 2.59. The Kier molecular flexibility index (Phi) is 1.36. The maximum atomic E-state index is 10.4. The van der Waals surface area contributed by atoms with E-state index in [1.807, 2.05) is 0 Å². The van der Waals surface area contributed by atoms with Gasteiger partial charge in [-0.2, -0.15) is 0 Å². The topological polar surface area (TPSA) is 20.2 Å². The predicted octanol–water partition coefficient (Wildman–Crippen LogP) is 2.58. The molecule has 1 N–H and O–H groups in total. The lowest BCUT2D eigenvalue weighted by Crippen LogP contribution is -2.46. The standard InChI is InChI=1S/C12H20O/c1-11-6-8(7-12(11,2)13)9-4-3-5-10(9)11/h8-10,13H,3-7H2,1-2H3. The zero-order chi connectivity index (χ0) is 9.27. The zero-order valence-electron chi connectivity index (χ0n) is 8.71. The van der Waals surface area contributed by atoms with Gasteiger partial charge in [-0.1, -0.05) is 13.3 Å². The van der Waals surface area contributed by atoms with E-state index in [4.69, 9.17) is 0 Å². The van der Waals surface area contributed by atoms with Gasteiger partial charge in [0.15, 0.2) is 0 Å². The van der Waals surface area contributed by atoms with Crippen LogP contribution in [0.2, 0.25) is 0 Å². The molecule has 0 aliphatic heterocycles. The average molecular weight is 180 g/mol. The van der Waals surface area contributed by atoms with Gasteiger partial charge in [-0.25, -0.2) is 0 Å². The van der Waals surface area contributed by atoms with Gasteiger partial charge >= 0.3 is 0 Å². The van der Waals surface area contributed by atoms with Gasteiger partial charge in [-0.3, -0.25) is 0 Å². The minimum absolute atomic E-state index is 0.263. The minimum atomic E-state index is -0.358. The van der Waals surface area contributed by atoms with Crippen molar-refractivity contribution >= 4 is 0 Å². The van der Waals surface area contributed by atoms with E-state index in [0.29, 0.717) is 0 Å². The van der Waals surface area contributed by atoms with Crippen LogP contribution in [0.4, 0.5) is 0 Å². The van der Waals surface area contributed by atoms with E-state index in [1.165, 1.54) is 25.7 Å². The zero-order valence-corrected chi connectivity index (χ0v) is 8.71.